The molecule has 0 saturated carbocycles. The van der Waals surface area contributed by atoms with Crippen molar-refractivity contribution in [3.05, 3.63) is 0 Å². The van der Waals surface area contributed by atoms with E-state index in [2.05, 4.69) is 24.5 Å². The molecular formula is C42H78MgN4O8. The van der Waals surface area contributed by atoms with Crippen LogP contribution in [-0.2, 0) is 28.8 Å². The molecule has 0 aromatic carbocycles. The van der Waals surface area contributed by atoms with E-state index in [9.17, 15) is 39.0 Å². The standard InChI is InChI=1S/2C21H40N2O4.Mg/c2*1-2-3-4-5-6-7-8-9-10-11-12-13-14-15-20(25)23-18(21(26)27)16-17-19(22)24;/h2*18H,2-17H2,1H3,(H2,22,24)(H,23,25)(H,26,27);/q;;+2/p-2/t2*18-;/m00./s1. The fraction of sp³-hybridized carbons (Fsp3) is 0.857. The molecule has 0 bridgehead atoms. The first kappa shape index (κ1) is 56.9. The van der Waals surface area contributed by atoms with Gasteiger partial charge >= 0.3 is 23.1 Å². The molecule has 12 nitrogen and oxygen atoms in total. The Bertz CT molecular complexity index is 909. The second-order valence-electron chi connectivity index (χ2n) is 14.9. The number of carbonyl (C=O) groups is 6. The van der Waals surface area contributed by atoms with Gasteiger partial charge in [0.25, 0.3) is 0 Å². The van der Waals surface area contributed by atoms with Crippen molar-refractivity contribution < 1.29 is 39.0 Å². The summed E-state index contributed by atoms with van der Waals surface area (Å²) in [6.45, 7) is 4.48. The Morgan fingerprint density at radius 3 is 0.818 bits per heavy atom. The molecule has 0 rings (SSSR count). The normalized spacial score (nSPS) is 11.7. The summed E-state index contributed by atoms with van der Waals surface area (Å²) in [5.41, 5.74) is 9.99. The van der Waals surface area contributed by atoms with Crippen LogP contribution in [0.1, 0.15) is 219 Å². The molecule has 0 radical (unpaired) electrons. The minimum atomic E-state index is -1.38. The first-order valence-corrected chi connectivity index (χ1v) is 21.5. The zero-order valence-corrected chi connectivity index (χ0v) is 36.3. The SMILES string of the molecule is CCCCCCCCCCCCCCCC(=O)N[C@@H](CCC(N)=O)C(=O)[O-].CCCCCCCCCCCCCCCC(=O)N[C@@H](CCC(N)=O)C(=O)[O-].[Mg+2]. The van der Waals surface area contributed by atoms with E-state index in [-0.39, 0.29) is 60.6 Å². The summed E-state index contributed by atoms with van der Waals surface area (Å²) in [4.78, 5) is 66.9. The van der Waals surface area contributed by atoms with Crippen LogP contribution in [0.25, 0.3) is 0 Å². The third-order valence-electron chi connectivity index (χ3n) is 9.61. The monoisotopic (exact) mass is 791 g/mol. The first-order chi connectivity index (χ1) is 25.9. The maximum absolute atomic E-state index is 11.8. The summed E-state index contributed by atoms with van der Waals surface area (Å²) >= 11 is 0. The maximum atomic E-state index is 11.8. The molecule has 0 aliphatic carbocycles. The van der Waals surface area contributed by atoms with Crippen LogP contribution in [0.2, 0.25) is 0 Å². The second kappa shape index (κ2) is 42.7. The molecule has 0 heterocycles. The van der Waals surface area contributed by atoms with E-state index < -0.39 is 35.8 Å². The van der Waals surface area contributed by atoms with Crippen molar-refractivity contribution >= 4 is 58.6 Å². The van der Waals surface area contributed by atoms with E-state index in [1.54, 1.807) is 0 Å². The van der Waals surface area contributed by atoms with Gasteiger partial charge in [-0.3, -0.25) is 19.2 Å². The van der Waals surface area contributed by atoms with E-state index >= 15 is 0 Å². The summed E-state index contributed by atoms with van der Waals surface area (Å²) in [6, 6.07) is -2.29. The van der Waals surface area contributed by atoms with Gasteiger partial charge in [0.2, 0.25) is 23.6 Å². The van der Waals surface area contributed by atoms with Crippen LogP contribution in [0.5, 0.6) is 0 Å². The summed E-state index contributed by atoms with van der Waals surface area (Å²) < 4.78 is 0. The zero-order chi connectivity index (χ0) is 40.7. The number of nitrogens with two attached hydrogens (primary N) is 2. The molecule has 0 aliphatic heterocycles. The van der Waals surface area contributed by atoms with Crippen LogP contribution in [0.15, 0.2) is 0 Å². The smallest absolute Gasteiger partial charge is 0.548 e. The molecule has 6 N–H and O–H groups in total. The number of nitrogens with one attached hydrogen (secondary N) is 2. The third kappa shape index (κ3) is 44.2. The number of carbonyl (C=O) groups excluding carboxylic acids is 6. The third-order valence-corrected chi connectivity index (χ3v) is 9.61. The number of rotatable bonds is 38. The molecule has 316 valence electrons. The van der Waals surface area contributed by atoms with Gasteiger partial charge in [-0.05, 0) is 25.7 Å². The van der Waals surface area contributed by atoms with Crippen molar-refractivity contribution in [3.8, 4) is 0 Å². The summed E-state index contributed by atoms with van der Waals surface area (Å²) in [6.07, 6.45) is 32.4. The Kier molecular flexibility index (Phi) is 44.2. The molecule has 0 aromatic heterocycles. The van der Waals surface area contributed by atoms with Crippen molar-refractivity contribution in [2.45, 2.75) is 231 Å². The van der Waals surface area contributed by atoms with Crippen LogP contribution in [0.4, 0.5) is 0 Å². The van der Waals surface area contributed by atoms with Crippen molar-refractivity contribution in [2.75, 3.05) is 0 Å². The van der Waals surface area contributed by atoms with Crippen molar-refractivity contribution in [2.24, 2.45) is 11.5 Å². The van der Waals surface area contributed by atoms with Crippen LogP contribution in [-0.4, -0.2) is 70.7 Å². The average Bonchev–Trinajstić information content (AvgIpc) is 3.12. The average molecular weight is 791 g/mol. The molecule has 4 amide bonds. The number of primary amides is 2. The maximum Gasteiger partial charge on any atom is 2.00 e. The summed E-state index contributed by atoms with van der Waals surface area (Å²) in [5.74, 6) is -4.56. The van der Waals surface area contributed by atoms with Gasteiger partial charge in [0, 0.05) is 25.7 Å². The number of carboxylic acids is 2. The molecule has 0 spiro atoms. The van der Waals surface area contributed by atoms with Crippen molar-refractivity contribution in [1.29, 1.82) is 0 Å². The second-order valence-corrected chi connectivity index (χ2v) is 14.9. The van der Waals surface area contributed by atoms with Crippen LogP contribution >= 0.6 is 0 Å². The molecule has 0 aliphatic rings. The zero-order valence-electron chi connectivity index (χ0n) is 34.9. The molecule has 13 heteroatoms. The Labute approximate surface area is 349 Å². The van der Waals surface area contributed by atoms with Gasteiger partial charge in [-0.2, -0.15) is 0 Å². The Morgan fingerprint density at radius 1 is 0.400 bits per heavy atom. The fourth-order valence-electron chi connectivity index (χ4n) is 6.21. The quantitative estimate of drug-likeness (QED) is 0.0457. The molecule has 0 unspecified atom stereocenters. The first-order valence-electron chi connectivity index (χ1n) is 21.5. The number of amides is 4. The van der Waals surface area contributed by atoms with Crippen LogP contribution < -0.4 is 32.3 Å². The fourth-order valence-corrected chi connectivity index (χ4v) is 6.21. The topological polar surface area (TPSA) is 225 Å². The molecule has 2 atom stereocenters. The molecule has 0 aromatic rings. The number of carboxylic acid groups (broad SMARTS) is 2. The molecular weight excluding hydrogens is 713 g/mol. The summed E-state index contributed by atoms with van der Waals surface area (Å²) in [5, 5.41) is 26.7. The van der Waals surface area contributed by atoms with E-state index in [1.807, 2.05) is 0 Å². The molecule has 55 heavy (non-hydrogen) atoms. The number of aliphatic carboxylic acids is 2. The Morgan fingerprint density at radius 2 is 0.618 bits per heavy atom. The van der Waals surface area contributed by atoms with E-state index in [0.717, 1.165) is 38.5 Å². The Balaban J connectivity index is -0.000000966. The predicted molar refractivity (Wildman–Crippen MR) is 217 cm³/mol. The van der Waals surface area contributed by atoms with Gasteiger partial charge in [0.15, 0.2) is 0 Å². The van der Waals surface area contributed by atoms with Gasteiger partial charge in [0.1, 0.15) is 0 Å². The van der Waals surface area contributed by atoms with Crippen molar-refractivity contribution in [1.82, 2.24) is 10.6 Å². The van der Waals surface area contributed by atoms with E-state index in [0.29, 0.717) is 12.8 Å². The van der Waals surface area contributed by atoms with Crippen LogP contribution in [0.3, 0.4) is 0 Å². The number of hydrogen-bond acceptors (Lipinski definition) is 8. The van der Waals surface area contributed by atoms with Gasteiger partial charge < -0.3 is 41.9 Å². The van der Waals surface area contributed by atoms with E-state index in [1.165, 1.54) is 128 Å². The molecule has 0 saturated heterocycles. The van der Waals surface area contributed by atoms with Gasteiger partial charge in [-0.15, -0.1) is 0 Å². The van der Waals surface area contributed by atoms with E-state index in [4.69, 9.17) is 11.5 Å². The summed E-state index contributed by atoms with van der Waals surface area (Å²) in [7, 11) is 0. The molecule has 0 fully saturated rings. The van der Waals surface area contributed by atoms with Gasteiger partial charge in [0.05, 0.1) is 24.0 Å². The van der Waals surface area contributed by atoms with Gasteiger partial charge in [-0.25, -0.2) is 0 Å². The minimum absolute atomic E-state index is 0. The van der Waals surface area contributed by atoms with Gasteiger partial charge in [-0.1, -0.05) is 168 Å². The predicted octanol–water partition coefficient (Wildman–Crippen LogP) is 5.56. The number of hydrogen-bond donors (Lipinski definition) is 4. The largest absolute Gasteiger partial charge is 2.00 e. The van der Waals surface area contributed by atoms with Crippen LogP contribution in [0, 0.1) is 0 Å². The minimum Gasteiger partial charge on any atom is -0.548 e. The number of unbranched alkanes of at least 4 members (excludes halogenated alkanes) is 24. The van der Waals surface area contributed by atoms with Crippen molar-refractivity contribution in [3.63, 3.8) is 0 Å². The Hall–Kier alpha value is -2.41.